The lowest BCUT2D eigenvalue weighted by molar-refractivity contribution is -0.133. The standard InChI is InChI=1S/C25H31N5O2/c1-27-23-9-3-2-8-22(23)26-25(27)20-6-4-7-21(18-20)29-10-5-11-30(13-12-29)24(31)19-28-14-16-32-17-15-28/h2-4,6-9,18H,5,10-17,19H2,1H3. The van der Waals surface area contributed by atoms with Crippen molar-refractivity contribution in [1.29, 1.82) is 0 Å². The molecule has 32 heavy (non-hydrogen) atoms. The first kappa shape index (κ1) is 21.0. The normalized spacial score (nSPS) is 18.2. The van der Waals surface area contributed by atoms with Gasteiger partial charge in [-0.2, -0.15) is 0 Å². The van der Waals surface area contributed by atoms with Gasteiger partial charge in [0.05, 0.1) is 30.8 Å². The number of rotatable bonds is 4. The molecule has 0 atom stereocenters. The number of anilines is 1. The van der Waals surface area contributed by atoms with Gasteiger partial charge >= 0.3 is 0 Å². The quantitative estimate of drug-likeness (QED) is 0.633. The highest BCUT2D eigenvalue weighted by Crippen LogP contribution is 2.27. The van der Waals surface area contributed by atoms with Crippen LogP contribution in [0.4, 0.5) is 5.69 Å². The van der Waals surface area contributed by atoms with Gasteiger partial charge in [0.1, 0.15) is 5.82 Å². The topological polar surface area (TPSA) is 53.8 Å². The zero-order valence-corrected chi connectivity index (χ0v) is 18.7. The second-order valence-electron chi connectivity index (χ2n) is 8.64. The Labute approximate surface area is 189 Å². The van der Waals surface area contributed by atoms with Crippen LogP contribution in [0.2, 0.25) is 0 Å². The molecule has 0 aliphatic carbocycles. The van der Waals surface area contributed by atoms with Crippen LogP contribution in [0.3, 0.4) is 0 Å². The summed E-state index contributed by atoms with van der Waals surface area (Å²) in [5.41, 5.74) is 4.46. The van der Waals surface area contributed by atoms with E-state index < -0.39 is 0 Å². The van der Waals surface area contributed by atoms with E-state index in [4.69, 9.17) is 9.72 Å². The van der Waals surface area contributed by atoms with Crippen molar-refractivity contribution in [2.24, 2.45) is 7.05 Å². The van der Waals surface area contributed by atoms with Gasteiger partial charge in [0.25, 0.3) is 0 Å². The summed E-state index contributed by atoms with van der Waals surface area (Å²) >= 11 is 0. The number of morpholine rings is 1. The van der Waals surface area contributed by atoms with Gasteiger partial charge in [-0.3, -0.25) is 9.69 Å². The number of benzene rings is 2. The first-order chi connectivity index (χ1) is 15.7. The van der Waals surface area contributed by atoms with Crippen molar-refractivity contribution in [1.82, 2.24) is 19.4 Å². The minimum absolute atomic E-state index is 0.238. The summed E-state index contributed by atoms with van der Waals surface area (Å²) in [5.74, 6) is 1.22. The average Bonchev–Trinajstić information content (AvgIpc) is 2.99. The van der Waals surface area contributed by atoms with Gasteiger partial charge in [0.2, 0.25) is 5.91 Å². The van der Waals surface area contributed by atoms with Crippen LogP contribution >= 0.6 is 0 Å². The maximum atomic E-state index is 12.8. The molecule has 0 radical (unpaired) electrons. The van der Waals surface area contributed by atoms with Crippen LogP contribution < -0.4 is 4.90 Å². The third-order valence-corrected chi connectivity index (χ3v) is 6.57. The van der Waals surface area contributed by atoms with E-state index >= 15 is 0 Å². The smallest absolute Gasteiger partial charge is 0.236 e. The maximum absolute atomic E-state index is 12.8. The fourth-order valence-corrected chi connectivity index (χ4v) is 4.72. The molecule has 7 nitrogen and oxygen atoms in total. The lowest BCUT2D eigenvalue weighted by atomic mass is 10.1. The molecule has 7 heteroatoms. The number of carbonyl (C=O) groups excluding carboxylic acids is 1. The second kappa shape index (κ2) is 9.30. The SMILES string of the molecule is Cn1c(-c2cccc(N3CCCN(C(=O)CN4CCOCC4)CC3)c2)nc2ccccc21. The van der Waals surface area contributed by atoms with Crippen molar-refractivity contribution in [2.75, 3.05) is 63.9 Å². The van der Waals surface area contributed by atoms with Crippen LogP contribution in [0.15, 0.2) is 48.5 Å². The Kier molecular flexibility index (Phi) is 6.10. The van der Waals surface area contributed by atoms with Crippen molar-refractivity contribution >= 4 is 22.6 Å². The lowest BCUT2D eigenvalue weighted by Crippen LogP contribution is -2.45. The summed E-state index contributed by atoms with van der Waals surface area (Å²) < 4.78 is 7.55. The van der Waals surface area contributed by atoms with Crippen LogP contribution in [0.25, 0.3) is 22.4 Å². The molecule has 1 aromatic heterocycles. The monoisotopic (exact) mass is 433 g/mol. The van der Waals surface area contributed by atoms with Crippen LogP contribution in [0.1, 0.15) is 6.42 Å². The number of nitrogens with zero attached hydrogens (tertiary/aromatic N) is 5. The minimum atomic E-state index is 0.238. The predicted molar refractivity (Wildman–Crippen MR) is 127 cm³/mol. The molecular formula is C25H31N5O2. The molecule has 2 aliphatic heterocycles. The fourth-order valence-electron chi connectivity index (χ4n) is 4.72. The molecule has 1 amide bonds. The molecule has 5 rings (SSSR count). The van der Waals surface area contributed by atoms with E-state index in [1.807, 2.05) is 17.0 Å². The van der Waals surface area contributed by atoms with Crippen molar-refractivity contribution in [2.45, 2.75) is 6.42 Å². The molecule has 2 saturated heterocycles. The first-order valence-electron chi connectivity index (χ1n) is 11.5. The van der Waals surface area contributed by atoms with E-state index in [1.165, 1.54) is 5.69 Å². The van der Waals surface area contributed by atoms with Crippen molar-refractivity contribution in [3.8, 4) is 11.4 Å². The second-order valence-corrected chi connectivity index (χ2v) is 8.64. The van der Waals surface area contributed by atoms with Crippen LogP contribution in [0, 0.1) is 0 Å². The fraction of sp³-hybridized carbons (Fsp3) is 0.440. The van der Waals surface area contributed by atoms with Gasteiger partial charge < -0.3 is 19.1 Å². The van der Waals surface area contributed by atoms with Crippen LogP contribution in [-0.2, 0) is 16.6 Å². The summed E-state index contributed by atoms with van der Waals surface area (Å²) in [5, 5.41) is 0. The van der Waals surface area contributed by atoms with E-state index in [-0.39, 0.29) is 5.91 Å². The van der Waals surface area contributed by atoms with E-state index in [1.54, 1.807) is 0 Å². The van der Waals surface area contributed by atoms with Gasteiger partial charge in [-0.1, -0.05) is 24.3 Å². The third-order valence-electron chi connectivity index (χ3n) is 6.57. The zero-order valence-electron chi connectivity index (χ0n) is 18.7. The Morgan fingerprint density at radius 3 is 2.66 bits per heavy atom. The van der Waals surface area contributed by atoms with Gasteiger partial charge in [0.15, 0.2) is 0 Å². The molecular weight excluding hydrogens is 402 g/mol. The molecule has 2 fully saturated rings. The Balaban J connectivity index is 1.28. The molecule has 0 N–H and O–H groups in total. The molecule has 2 aliphatic rings. The van der Waals surface area contributed by atoms with Crippen LogP contribution in [-0.4, -0.2) is 84.3 Å². The maximum Gasteiger partial charge on any atom is 0.236 e. The minimum Gasteiger partial charge on any atom is -0.379 e. The van der Waals surface area contributed by atoms with Gasteiger partial charge in [0, 0.05) is 57.6 Å². The summed E-state index contributed by atoms with van der Waals surface area (Å²) in [6.07, 6.45) is 0.978. The summed E-state index contributed by atoms with van der Waals surface area (Å²) in [6, 6.07) is 16.9. The molecule has 2 aromatic carbocycles. The molecule has 0 unspecified atom stereocenters. The van der Waals surface area contributed by atoms with Crippen molar-refractivity contribution < 1.29 is 9.53 Å². The van der Waals surface area contributed by atoms with E-state index in [0.717, 1.165) is 81.3 Å². The third kappa shape index (κ3) is 4.36. The number of aromatic nitrogens is 2. The zero-order chi connectivity index (χ0) is 21.9. The molecule has 3 heterocycles. The number of aryl methyl sites for hydroxylation is 1. The predicted octanol–water partition coefficient (Wildman–Crippen LogP) is 2.61. The summed E-state index contributed by atoms with van der Waals surface area (Å²) in [7, 11) is 2.07. The highest BCUT2D eigenvalue weighted by molar-refractivity contribution is 5.81. The number of amides is 1. The van der Waals surface area contributed by atoms with Gasteiger partial charge in [-0.25, -0.2) is 4.98 Å². The highest BCUT2D eigenvalue weighted by atomic mass is 16.5. The molecule has 3 aromatic rings. The Bertz CT molecular complexity index is 1090. The number of para-hydroxylation sites is 2. The number of hydrogen-bond donors (Lipinski definition) is 0. The first-order valence-corrected chi connectivity index (χ1v) is 11.5. The number of carbonyl (C=O) groups is 1. The van der Waals surface area contributed by atoms with Crippen LogP contribution in [0.5, 0.6) is 0 Å². The Morgan fingerprint density at radius 1 is 0.969 bits per heavy atom. The van der Waals surface area contributed by atoms with E-state index in [0.29, 0.717) is 6.54 Å². The molecule has 0 saturated carbocycles. The van der Waals surface area contributed by atoms with E-state index in [2.05, 4.69) is 57.8 Å². The van der Waals surface area contributed by atoms with Crippen molar-refractivity contribution in [3.05, 3.63) is 48.5 Å². The lowest BCUT2D eigenvalue weighted by Gasteiger charge is -2.29. The summed E-state index contributed by atoms with van der Waals surface area (Å²) in [6.45, 7) is 7.04. The number of hydrogen-bond acceptors (Lipinski definition) is 5. The molecule has 168 valence electrons. The Morgan fingerprint density at radius 2 is 1.81 bits per heavy atom. The largest absolute Gasteiger partial charge is 0.379 e. The van der Waals surface area contributed by atoms with Gasteiger partial charge in [-0.05, 0) is 30.7 Å². The number of imidazole rings is 1. The molecule has 0 bridgehead atoms. The van der Waals surface area contributed by atoms with Gasteiger partial charge in [-0.15, -0.1) is 0 Å². The van der Waals surface area contributed by atoms with Crippen molar-refractivity contribution in [3.63, 3.8) is 0 Å². The number of fused-ring (bicyclic) bond motifs is 1. The van der Waals surface area contributed by atoms with E-state index in [9.17, 15) is 4.79 Å². The number of ether oxygens (including phenoxy) is 1. The summed E-state index contributed by atoms with van der Waals surface area (Å²) in [4.78, 5) is 24.3. The Hall–Kier alpha value is -2.90. The highest BCUT2D eigenvalue weighted by Gasteiger charge is 2.22. The molecule has 0 spiro atoms. The average molecular weight is 434 g/mol.